The molecule has 0 heterocycles. The summed E-state index contributed by atoms with van der Waals surface area (Å²) in [6, 6.07) is 10.7. The van der Waals surface area contributed by atoms with Crippen molar-refractivity contribution in [1.82, 2.24) is 0 Å². The molecule has 0 bridgehead atoms. The minimum atomic E-state index is -0.571. The number of nitro groups is 1. The standard InChI is InChI=1S/C15H13ClN2O4/c1-2-22-14-6-4-3-5-13(14)17-15(19)11-8-7-10(18(20)21)9-12(11)16/h3-9H,2H2,1H3,(H,17,19). The molecule has 0 radical (unpaired) electrons. The Hall–Kier alpha value is -2.60. The van der Waals surface area contributed by atoms with Gasteiger partial charge in [-0.05, 0) is 25.1 Å². The van der Waals surface area contributed by atoms with Gasteiger partial charge < -0.3 is 10.1 Å². The second-order valence-corrected chi connectivity index (χ2v) is 4.71. The molecule has 0 aliphatic rings. The summed E-state index contributed by atoms with van der Waals surface area (Å²) in [6.07, 6.45) is 0. The smallest absolute Gasteiger partial charge is 0.270 e. The van der Waals surface area contributed by atoms with Gasteiger partial charge in [0.1, 0.15) is 5.75 Å². The van der Waals surface area contributed by atoms with Crippen LogP contribution >= 0.6 is 11.6 Å². The van der Waals surface area contributed by atoms with Gasteiger partial charge in [0.15, 0.2) is 0 Å². The largest absolute Gasteiger partial charge is 0.492 e. The van der Waals surface area contributed by atoms with Gasteiger partial charge in [-0.1, -0.05) is 23.7 Å². The molecule has 1 amide bonds. The zero-order valence-corrected chi connectivity index (χ0v) is 12.5. The molecule has 7 heteroatoms. The highest BCUT2D eigenvalue weighted by atomic mass is 35.5. The van der Waals surface area contributed by atoms with E-state index < -0.39 is 10.8 Å². The van der Waals surface area contributed by atoms with E-state index in [0.29, 0.717) is 18.0 Å². The minimum Gasteiger partial charge on any atom is -0.492 e. The van der Waals surface area contributed by atoms with Crippen molar-refractivity contribution in [2.45, 2.75) is 6.92 Å². The number of amides is 1. The fourth-order valence-corrected chi connectivity index (χ4v) is 2.10. The third-order valence-corrected chi connectivity index (χ3v) is 3.16. The average molecular weight is 321 g/mol. The van der Waals surface area contributed by atoms with Gasteiger partial charge >= 0.3 is 0 Å². The number of ether oxygens (including phenoxy) is 1. The van der Waals surface area contributed by atoms with Crippen LogP contribution in [0.2, 0.25) is 5.02 Å². The van der Waals surface area contributed by atoms with Gasteiger partial charge in [-0.2, -0.15) is 0 Å². The van der Waals surface area contributed by atoms with Gasteiger partial charge in [0.25, 0.3) is 11.6 Å². The van der Waals surface area contributed by atoms with Crippen molar-refractivity contribution in [2.24, 2.45) is 0 Å². The predicted octanol–water partition coefficient (Wildman–Crippen LogP) is 3.90. The third kappa shape index (κ3) is 3.53. The topological polar surface area (TPSA) is 81.5 Å². The first-order chi connectivity index (χ1) is 10.5. The van der Waals surface area contributed by atoms with E-state index in [4.69, 9.17) is 16.3 Å². The van der Waals surface area contributed by atoms with E-state index in [1.54, 1.807) is 24.3 Å². The number of carbonyl (C=O) groups is 1. The van der Waals surface area contributed by atoms with E-state index in [2.05, 4.69) is 5.32 Å². The highest BCUT2D eigenvalue weighted by Gasteiger charge is 2.16. The van der Waals surface area contributed by atoms with Gasteiger partial charge in [-0.15, -0.1) is 0 Å². The van der Waals surface area contributed by atoms with E-state index in [9.17, 15) is 14.9 Å². The van der Waals surface area contributed by atoms with Crippen LogP contribution in [0, 0.1) is 10.1 Å². The SMILES string of the molecule is CCOc1ccccc1NC(=O)c1ccc([N+](=O)[O-])cc1Cl. The molecule has 1 N–H and O–H groups in total. The van der Waals surface area contributed by atoms with E-state index in [1.807, 2.05) is 6.92 Å². The highest BCUT2D eigenvalue weighted by molar-refractivity contribution is 6.34. The maximum absolute atomic E-state index is 12.3. The first kappa shape index (κ1) is 15.8. The van der Waals surface area contributed by atoms with Crippen molar-refractivity contribution in [1.29, 1.82) is 0 Å². The molecular weight excluding hydrogens is 308 g/mol. The van der Waals surface area contributed by atoms with Crippen LogP contribution in [0.25, 0.3) is 0 Å². The molecule has 0 saturated carbocycles. The molecule has 2 rings (SSSR count). The molecule has 0 aliphatic heterocycles. The van der Waals surface area contributed by atoms with E-state index >= 15 is 0 Å². The van der Waals surface area contributed by atoms with Crippen LogP contribution in [-0.2, 0) is 0 Å². The van der Waals surface area contributed by atoms with Crippen LogP contribution in [0.5, 0.6) is 5.75 Å². The van der Waals surface area contributed by atoms with Crippen LogP contribution in [-0.4, -0.2) is 17.4 Å². The van der Waals surface area contributed by atoms with Crippen molar-refractivity contribution >= 4 is 28.9 Å². The molecule has 0 unspecified atom stereocenters. The quantitative estimate of drug-likeness (QED) is 0.669. The van der Waals surface area contributed by atoms with Gasteiger partial charge in [0.05, 0.1) is 27.8 Å². The summed E-state index contributed by atoms with van der Waals surface area (Å²) in [7, 11) is 0. The predicted molar refractivity (Wildman–Crippen MR) is 83.7 cm³/mol. The Morgan fingerprint density at radius 2 is 2.05 bits per heavy atom. The number of carbonyl (C=O) groups excluding carboxylic acids is 1. The van der Waals surface area contributed by atoms with Gasteiger partial charge in [-0.3, -0.25) is 14.9 Å². The molecule has 114 valence electrons. The number of non-ortho nitro benzene ring substituents is 1. The first-order valence-corrected chi connectivity index (χ1v) is 6.88. The summed E-state index contributed by atoms with van der Waals surface area (Å²) >= 11 is 5.94. The Morgan fingerprint density at radius 1 is 1.32 bits per heavy atom. The molecule has 22 heavy (non-hydrogen) atoms. The summed E-state index contributed by atoms with van der Waals surface area (Å²) < 4.78 is 5.42. The van der Waals surface area contributed by atoms with Crippen molar-refractivity contribution in [3.63, 3.8) is 0 Å². The van der Waals surface area contributed by atoms with Crippen LogP contribution in [0.3, 0.4) is 0 Å². The molecule has 2 aromatic rings. The van der Waals surface area contributed by atoms with E-state index in [1.165, 1.54) is 12.1 Å². The Kier molecular flexibility index (Phi) is 4.95. The molecule has 0 atom stereocenters. The van der Waals surface area contributed by atoms with E-state index in [0.717, 1.165) is 6.07 Å². The number of hydrogen-bond acceptors (Lipinski definition) is 4. The number of hydrogen-bond donors (Lipinski definition) is 1. The molecule has 0 spiro atoms. The molecule has 2 aromatic carbocycles. The number of anilines is 1. The summed E-state index contributed by atoms with van der Waals surface area (Å²) in [5, 5.41) is 13.4. The molecular formula is C15H13ClN2O4. The Bertz CT molecular complexity index is 718. The summed E-state index contributed by atoms with van der Waals surface area (Å²) in [6.45, 7) is 2.30. The molecule has 6 nitrogen and oxygen atoms in total. The lowest BCUT2D eigenvalue weighted by atomic mass is 10.2. The van der Waals surface area contributed by atoms with Crippen molar-refractivity contribution in [3.8, 4) is 5.75 Å². The number of nitrogens with zero attached hydrogens (tertiary/aromatic N) is 1. The zero-order chi connectivity index (χ0) is 16.1. The Morgan fingerprint density at radius 3 is 2.68 bits per heavy atom. The van der Waals surface area contributed by atoms with Crippen LogP contribution < -0.4 is 10.1 Å². The molecule has 0 aliphatic carbocycles. The zero-order valence-electron chi connectivity index (χ0n) is 11.7. The Labute approximate surface area is 131 Å². The molecule has 0 aromatic heterocycles. The number of rotatable bonds is 5. The summed E-state index contributed by atoms with van der Waals surface area (Å²) in [5.74, 6) is 0.0726. The average Bonchev–Trinajstić information content (AvgIpc) is 2.49. The fourth-order valence-electron chi connectivity index (χ4n) is 1.84. The number of nitro benzene ring substituents is 1. The van der Waals surface area contributed by atoms with Crippen LogP contribution in [0.1, 0.15) is 17.3 Å². The second kappa shape index (κ2) is 6.91. The number of para-hydroxylation sites is 2. The van der Waals surface area contributed by atoms with Crippen molar-refractivity contribution in [3.05, 3.63) is 63.2 Å². The lowest BCUT2D eigenvalue weighted by Gasteiger charge is -2.11. The molecule has 0 fully saturated rings. The first-order valence-electron chi connectivity index (χ1n) is 6.50. The lowest BCUT2D eigenvalue weighted by molar-refractivity contribution is -0.384. The van der Waals surface area contributed by atoms with E-state index in [-0.39, 0.29) is 16.3 Å². The lowest BCUT2D eigenvalue weighted by Crippen LogP contribution is -2.13. The maximum Gasteiger partial charge on any atom is 0.270 e. The summed E-state index contributed by atoms with van der Waals surface area (Å²) in [4.78, 5) is 22.4. The number of halogens is 1. The van der Waals surface area contributed by atoms with Gasteiger partial charge in [0, 0.05) is 12.1 Å². The van der Waals surface area contributed by atoms with Crippen molar-refractivity contribution in [2.75, 3.05) is 11.9 Å². The third-order valence-electron chi connectivity index (χ3n) is 2.84. The number of nitrogens with one attached hydrogen (secondary N) is 1. The van der Waals surface area contributed by atoms with Crippen LogP contribution in [0.4, 0.5) is 11.4 Å². The fraction of sp³-hybridized carbons (Fsp3) is 0.133. The number of benzene rings is 2. The van der Waals surface area contributed by atoms with Crippen LogP contribution in [0.15, 0.2) is 42.5 Å². The molecule has 0 saturated heterocycles. The monoisotopic (exact) mass is 320 g/mol. The normalized spacial score (nSPS) is 10.1. The Balaban J connectivity index is 2.25. The van der Waals surface area contributed by atoms with Gasteiger partial charge in [-0.25, -0.2) is 0 Å². The van der Waals surface area contributed by atoms with Crippen molar-refractivity contribution < 1.29 is 14.5 Å². The summed E-state index contributed by atoms with van der Waals surface area (Å²) in [5.41, 5.74) is 0.485. The highest BCUT2D eigenvalue weighted by Crippen LogP contribution is 2.27. The maximum atomic E-state index is 12.3. The minimum absolute atomic E-state index is 0.0144. The van der Waals surface area contributed by atoms with Gasteiger partial charge in [0.2, 0.25) is 0 Å². The second-order valence-electron chi connectivity index (χ2n) is 4.30.